The molecule has 0 amide bonds. The van der Waals surface area contributed by atoms with Crippen LogP contribution in [0.25, 0.3) is 0 Å². The molecule has 14 heavy (non-hydrogen) atoms. The number of benzene rings is 1. The lowest BCUT2D eigenvalue weighted by Gasteiger charge is -2.36. The quantitative estimate of drug-likeness (QED) is 0.688. The summed E-state index contributed by atoms with van der Waals surface area (Å²) in [4.78, 5) is 0. The summed E-state index contributed by atoms with van der Waals surface area (Å²) in [6, 6.07) is 8.37. The molecule has 0 aromatic heterocycles. The monoisotopic (exact) mass is 205 g/mol. The molecule has 0 atom stereocenters. The first-order valence-electron chi connectivity index (χ1n) is 4.86. The molecule has 0 unspecified atom stereocenters. The highest BCUT2D eigenvalue weighted by Gasteiger charge is 2.40. The van der Waals surface area contributed by atoms with Gasteiger partial charge in [-0.05, 0) is 43.4 Å². The number of hydrogen-bond donors (Lipinski definition) is 0. The number of nitriles is 1. The van der Waals surface area contributed by atoms with E-state index in [2.05, 4.69) is 6.07 Å². The summed E-state index contributed by atoms with van der Waals surface area (Å²) in [7, 11) is 0. The van der Waals surface area contributed by atoms with Crippen molar-refractivity contribution in [1.82, 2.24) is 0 Å². The second kappa shape index (κ2) is 3.29. The van der Waals surface area contributed by atoms with Gasteiger partial charge in [0, 0.05) is 5.02 Å². The van der Waals surface area contributed by atoms with Crippen molar-refractivity contribution in [2.75, 3.05) is 0 Å². The molecule has 1 nitrogen and oxygen atoms in total. The molecule has 72 valence electrons. The molecule has 0 aliphatic heterocycles. The highest BCUT2D eigenvalue weighted by Crippen LogP contribution is 2.45. The van der Waals surface area contributed by atoms with Gasteiger partial charge in [0.25, 0.3) is 0 Å². The van der Waals surface area contributed by atoms with Crippen LogP contribution in [-0.2, 0) is 5.41 Å². The normalized spacial score (nSPS) is 18.4. The van der Waals surface area contributed by atoms with Crippen molar-refractivity contribution in [3.8, 4) is 6.07 Å². The minimum atomic E-state index is -0.287. The Morgan fingerprint density at radius 2 is 2.14 bits per heavy atom. The van der Waals surface area contributed by atoms with Gasteiger partial charge in [-0.2, -0.15) is 5.26 Å². The number of aryl methyl sites for hydroxylation is 1. The Balaban J connectivity index is 2.46. The van der Waals surface area contributed by atoms with Crippen molar-refractivity contribution in [2.45, 2.75) is 31.6 Å². The Morgan fingerprint density at radius 3 is 2.57 bits per heavy atom. The van der Waals surface area contributed by atoms with Gasteiger partial charge in [-0.1, -0.05) is 23.7 Å². The van der Waals surface area contributed by atoms with Crippen LogP contribution in [0.5, 0.6) is 0 Å². The minimum Gasteiger partial charge on any atom is -0.197 e. The first kappa shape index (κ1) is 9.55. The maximum atomic E-state index is 9.18. The first-order chi connectivity index (χ1) is 6.68. The van der Waals surface area contributed by atoms with Crippen LogP contribution in [0, 0.1) is 18.3 Å². The van der Waals surface area contributed by atoms with E-state index in [-0.39, 0.29) is 5.41 Å². The molecule has 0 radical (unpaired) electrons. The smallest absolute Gasteiger partial charge is 0.0836 e. The van der Waals surface area contributed by atoms with Gasteiger partial charge in [0.05, 0.1) is 11.5 Å². The van der Waals surface area contributed by atoms with Crippen LogP contribution < -0.4 is 0 Å². The maximum Gasteiger partial charge on any atom is 0.0836 e. The molecule has 1 aromatic carbocycles. The molecule has 0 saturated heterocycles. The van der Waals surface area contributed by atoms with Gasteiger partial charge in [0.2, 0.25) is 0 Å². The zero-order chi connectivity index (χ0) is 10.2. The predicted octanol–water partition coefficient (Wildman–Crippen LogP) is 3.59. The molecule has 2 heteroatoms. The molecule has 0 spiro atoms. The molecule has 0 N–H and O–H groups in total. The lowest BCUT2D eigenvalue weighted by molar-refractivity contribution is 0.324. The van der Waals surface area contributed by atoms with E-state index >= 15 is 0 Å². The molecule has 1 aromatic rings. The van der Waals surface area contributed by atoms with E-state index in [4.69, 9.17) is 11.6 Å². The highest BCUT2D eigenvalue weighted by molar-refractivity contribution is 6.31. The molecule has 0 heterocycles. The third-order valence-electron chi connectivity index (χ3n) is 3.06. The van der Waals surface area contributed by atoms with E-state index in [1.54, 1.807) is 0 Å². The van der Waals surface area contributed by atoms with Gasteiger partial charge >= 0.3 is 0 Å². The Bertz CT molecular complexity index is 399. The van der Waals surface area contributed by atoms with E-state index in [0.29, 0.717) is 0 Å². The number of hydrogen-bond acceptors (Lipinski definition) is 1. The third-order valence-corrected chi connectivity index (χ3v) is 3.37. The van der Waals surface area contributed by atoms with Crippen molar-refractivity contribution in [1.29, 1.82) is 5.26 Å². The summed E-state index contributed by atoms with van der Waals surface area (Å²) < 4.78 is 0. The Labute approximate surface area is 89.3 Å². The standard InChI is InChI=1S/C12H12ClN/c1-9-3-4-10(11(13)7-9)12(8-14)5-2-6-12/h3-4,7H,2,5-6H2,1H3. The lowest BCUT2D eigenvalue weighted by atomic mass is 9.65. The Kier molecular flexibility index (Phi) is 2.25. The van der Waals surface area contributed by atoms with Gasteiger partial charge in [-0.3, -0.25) is 0 Å². The number of halogens is 1. The second-order valence-electron chi connectivity index (χ2n) is 4.03. The summed E-state index contributed by atoms with van der Waals surface area (Å²) in [5, 5.41) is 9.92. The van der Waals surface area contributed by atoms with Crippen LogP contribution in [-0.4, -0.2) is 0 Å². The van der Waals surface area contributed by atoms with Crippen molar-refractivity contribution >= 4 is 11.6 Å². The zero-order valence-corrected chi connectivity index (χ0v) is 8.93. The van der Waals surface area contributed by atoms with Crippen LogP contribution >= 0.6 is 11.6 Å². The second-order valence-corrected chi connectivity index (χ2v) is 4.44. The zero-order valence-electron chi connectivity index (χ0n) is 8.18. The van der Waals surface area contributed by atoms with Gasteiger partial charge in [0.15, 0.2) is 0 Å². The Morgan fingerprint density at radius 1 is 1.43 bits per heavy atom. The van der Waals surface area contributed by atoms with Gasteiger partial charge in [-0.15, -0.1) is 0 Å². The largest absolute Gasteiger partial charge is 0.197 e. The molecule has 0 bridgehead atoms. The van der Waals surface area contributed by atoms with Crippen LogP contribution in [0.4, 0.5) is 0 Å². The van der Waals surface area contributed by atoms with Crippen molar-refractivity contribution in [2.24, 2.45) is 0 Å². The minimum absolute atomic E-state index is 0.287. The third kappa shape index (κ3) is 1.31. The van der Waals surface area contributed by atoms with Gasteiger partial charge in [-0.25, -0.2) is 0 Å². The number of nitrogens with zero attached hydrogens (tertiary/aromatic N) is 1. The average molecular weight is 206 g/mol. The van der Waals surface area contributed by atoms with Crippen molar-refractivity contribution < 1.29 is 0 Å². The van der Waals surface area contributed by atoms with Crippen LogP contribution in [0.2, 0.25) is 5.02 Å². The van der Waals surface area contributed by atoms with E-state index in [1.807, 2.05) is 25.1 Å². The van der Waals surface area contributed by atoms with Crippen LogP contribution in [0.1, 0.15) is 30.4 Å². The summed E-state index contributed by atoms with van der Waals surface area (Å²) in [5.41, 5.74) is 1.87. The fourth-order valence-electron chi connectivity index (χ4n) is 1.98. The van der Waals surface area contributed by atoms with E-state index in [9.17, 15) is 5.26 Å². The van der Waals surface area contributed by atoms with E-state index < -0.39 is 0 Å². The fourth-order valence-corrected chi connectivity index (χ4v) is 2.40. The SMILES string of the molecule is Cc1ccc(C2(C#N)CCC2)c(Cl)c1. The van der Waals surface area contributed by atoms with Crippen LogP contribution in [0.3, 0.4) is 0 Å². The average Bonchev–Trinajstić information content (AvgIpc) is 2.07. The predicted molar refractivity (Wildman–Crippen MR) is 57.3 cm³/mol. The summed E-state index contributed by atoms with van der Waals surface area (Å²) in [6.07, 6.45) is 3.04. The molecule has 2 rings (SSSR count). The topological polar surface area (TPSA) is 23.8 Å². The molecule has 1 aliphatic carbocycles. The van der Waals surface area contributed by atoms with Gasteiger partial charge < -0.3 is 0 Å². The molecular weight excluding hydrogens is 194 g/mol. The first-order valence-corrected chi connectivity index (χ1v) is 5.24. The summed E-state index contributed by atoms with van der Waals surface area (Å²) in [6.45, 7) is 2.01. The van der Waals surface area contributed by atoms with E-state index in [1.165, 1.54) is 0 Å². The highest BCUT2D eigenvalue weighted by atomic mass is 35.5. The molecule has 1 fully saturated rings. The van der Waals surface area contributed by atoms with Crippen LogP contribution in [0.15, 0.2) is 18.2 Å². The number of rotatable bonds is 1. The molecule has 1 aliphatic rings. The lowest BCUT2D eigenvalue weighted by Crippen LogP contribution is -2.32. The summed E-state index contributed by atoms with van der Waals surface area (Å²) in [5.74, 6) is 0. The molecule has 1 saturated carbocycles. The van der Waals surface area contributed by atoms with Crippen molar-refractivity contribution in [3.05, 3.63) is 34.3 Å². The Hall–Kier alpha value is -1.00. The summed E-state index contributed by atoms with van der Waals surface area (Å²) >= 11 is 6.15. The van der Waals surface area contributed by atoms with E-state index in [0.717, 1.165) is 35.4 Å². The van der Waals surface area contributed by atoms with Gasteiger partial charge in [0.1, 0.15) is 0 Å². The maximum absolute atomic E-state index is 9.18. The molecular formula is C12H12ClN. The van der Waals surface area contributed by atoms with Crippen molar-refractivity contribution in [3.63, 3.8) is 0 Å². The fraction of sp³-hybridized carbons (Fsp3) is 0.417.